The van der Waals surface area contributed by atoms with E-state index in [9.17, 15) is 9.59 Å². The monoisotopic (exact) mass is 426 g/mol. The molecule has 32 heavy (non-hydrogen) atoms. The highest BCUT2D eigenvalue weighted by molar-refractivity contribution is 6.24. The number of carbonyl (C=O) groups excluding carboxylic acids is 2. The molecule has 0 aliphatic heterocycles. The van der Waals surface area contributed by atoms with Crippen molar-refractivity contribution in [2.45, 2.75) is 19.4 Å². The smallest absolute Gasteiger partial charge is 0.252 e. The van der Waals surface area contributed by atoms with Crippen molar-refractivity contribution >= 4 is 29.2 Å². The van der Waals surface area contributed by atoms with E-state index in [-0.39, 0.29) is 17.7 Å². The number of hydrogen-bond acceptors (Lipinski definition) is 3. The van der Waals surface area contributed by atoms with Crippen molar-refractivity contribution in [1.29, 1.82) is 0 Å². The molecule has 1 fully saturated rings. The number of methoxy groups -OCH3 is 1. The lowest BCUT2D eigenvalue weighted by Gasteiger charge is -2.12. The summed E-state index contributed by atoms with van der Waals surface area (Å²) >= 11 is 0. The van der Waals surface area contributed by atoms with Gasteiger partial charge in [0.05, 0.1) is 7.11 Å². The second kappa shape index (κ2) is 9.96. The maximum atomic E-state index is 13.2. The summed E-state index contributed by atoms with van der Waals surface area (Å²) in [5, 5.41) is 5.96. The third-order valence-corrected chi connectivity index (χ3v) is 5.36. The van der Waals surface area contributed by atoms with Crippen LogP contribution in [0, 0.1) is 5.92 Å². The molecule has 4 rings (SSSR count). The Labute approximate surface area is 188 Å². The summed E-state index contributed by atoms with van der Waals surface area (Å²) in [4.78, 5) is 25.2. The molecule has 0 saturated heterocycles. The SMILES string of the molecule is COc1ccccc1/C=C(/C(=O)NCc1cccc(NC(=O)C2CC2)c1)c1ccccc1. The van der Waals surface area contributed by atoms with Gasteiger partial charge in [0.25, 0.3) is 5.91 Å². The molecule has 2 N–H and O–H groups in total. The van der Waals surface area contributed by atoms with Crippen LogP contribution in [0.3, 0.4) is 0 Å². The second-order valence-corrected chi connectivity index (χ2v) is 7.81. The highest BCUT2D eigenvalue weighted by Crippen LogP contribution is 2.30. The van der Waals surface area contributed by atoms with E-state index in [0.717, 1.165) is 35.2 Å². The predicted octanol–water partition coefficient (Wildman–Crippen LogP) is 4.90. The van der Waals surface area contributed by atoms with Crippen LogP contribution in [0.4, 0.5) is 5.69 Å². The summed E-state index contributed by atoms with van der Waals surface area (Å²) in [6.07, 6.45) is 3.76. The van der Waals surface area contributed by atoms with E-state index in [1.54, 1.807) is 7.11 Å². The van der Waals surface area contributed by atoms with Gasteiger partial charge in [-0.05, 0) is 48.2 Å². The van der Waals surface area contributed by atoms with Crippen LogP contribution in [-0.2, 0) is 16.1 Å². The number of amides is 2. The number of hydrogen-bond donors (Lipinski definition) is 2. The molecule has 3 aromatic carbocycles. The minimum atomic E-state index is -0.186. The largest absolute Gasteiger partial charge is 0.496 e. The van der Waals surface area contributed by atoms with Crippen LogP contribution in [0.2, 0.25) is 0 Å². The number of carbonyl (C=O) groups is 2. The molecule has 0 atom stereocenters. The van der Waals surface area contributed by atoms with Crippen molar-refractivity contribution in [2.24, 2.45) is 5.92 Å². The highest BCUT2D eigenvalue weighted by Gasteiger charge is 2.29. The molecule has 0 radical (unpaired) electrons. The zero-order valence-electron chi connectivity index (χ0n) is 18.0. The summed E-state index contributed by atoms with van der Waals surface area (Å²) in [5.74, 6) is 0.728. The number of anilines is 1. The Morgan fingerprint density at radius 3 is 2.47 bits per heavy atom. The number of benzene rings is 3. The zero-order chi connectivity index (χ0) is 22.3. The Morgan fingerprint density at radius 1 is 0.969 bits per heavy atom. The minimum Gasteiger partial charge on any atom is -0.496 e. The topological polar surface area (TPSA) is 67.4 Å². The summed E-state index contributed by atoms with van der Waals surface area (Å²) in [5.41, 5.74) is 3.86. The molecule has 5 nitrogen and oxygen atoms in total. The standard InChI is InChI=1S/C27H26N2O3/c1-32-25-13-6-5-11-22(25)17-24(20-9-3-2-4-10-20)27(31)28-18-19-8-7-12-23(16-19)29-26(30)21-14-15-21/h2-13,16-17,21H,14-15,18H2,1H3,(H,28,31)(H,29,30)/b24-17+. The predicted molar refractivity (Wildman–Crippen MR) is 127 cm³/mol. The molecular formula is C27H26N2O3. The molecule has 0 aromatic heterocycles. The lowest BCUT2D eigenvalue weighted by Crippen LogP contribution is -2.24. The molecule has 0 spiro atoms. The van der Waals surface area contributed by atoms with Crippen LogP contribution in [0.5, 0.6) is 5.75 Å². The minimum absolute atomic E-state index is 0.0669. The van der Waals surface area contributed by atoms with Crippen molar-refractivity contribution in [3.05, 3.63) is 95.6 Å². The van der Waals surface area contributed by atoms with Crippen LogP contribution in [0.15, 0.2) is 78.9 Å². The van der Waals surface area contributed by atoms with Crippen molar-refractivity contribution in [3.63, 3.8) is 0 Å². The van der Waals surface area contributed by atoms with Gasteiger partial charge in [0.2, 0.25) is 5.91 Å². The van der Waals surface area contributed by atoms with E-state index in [0.29, 0.717) is 17.9 Å². The molecule has 5 heteroatoms. The molecule has 162 valence electrons. The van der Waals surface area contributed by atoms with E-state index in [1.165, 1.54) is 0 Å². The first-order valence-electron chi connectivity index (χ1n) is 10.7. The lowest BCUT2D eigenvalue weighted by molar-refractivity contribution is -0.117. The number of rotatable bonds is 8. The summed E-state index contributed by atoms with van der Waals surface area (Å²) in [6.45, 7) is 0.349. The van der Waals surface area contributed by atoms with E-state index in [4.69, 9.17) is 4.74 Å². The quantitative estimate of drug-likeness (QED) is 0.398. The first-order valence-corrected chi connectivity index (χ1v) is 10.7. The van der Waals surface area contributed by atoms with Gasteiger partial charge >= 0.3 is 0 Å². The molecular weight excluding hydrogens is 400 g/mol. The number of ether oxygens (including phenoxy) is 1. The Morgan fingerprint density at radius 2 is 1.72 bits per heavy atom. The van der Waals surface area contributed by atoms with Crippen molar-refractivity contribution in [2.75, 3.05) is 12.4 Å². The van der Waals surface area contributed by atoms with Crippen LogP contribution in [-0.4, -0.2) is 18.9 Å². The zero-order valence-corrected chi connectivity index (χ0v) is 18.0. The average molecular weight is 427 g/mol. The van der Waals surface area contributed by atoms with E-state index < -0.39 is 0 Å². The van der Waals surface area contributed by atoms with Gasteiger partial charge in [0.1, 0.15) is 5.75 Å². The maximum absolute atomic E-state index is 13.2. The van der Waals surface area contributed by atoms with Gasteiger partial charge < -0.3 is 15.4 Å². The van der Waals surface area contributed by atoms with Crippen LogP contribution in [0.25, 0.3) is 11.6 Å². The highest BCUT2D eigenvalue weighted by atomic mass is 16.5. The van der Waals surface area contributed by atoms with E-state index in [1.807, 2.05) is 84.9 Å². The van der Waals surface area contributed by atoms with Gasteiger partial charge in [0, 0.05) is 29.3 Å². The Hall–Kier alpha value is -3.86. The molecule has 1 aliphatic carbocycles. The van der Waals surface area contributed by atoms with Crippen LogP contribution in [0.1, 0.15) is 29.5 Å². The number of para-hydroxylation sites is 1. The molecule has 2 amide bonds. The first-order chi connectivity index (χ1) is 15.6. The Bertz CT molecular complexity index is 1130. The normalized spacial score (nSPS) is 13.3. The van der Waals surface area contributed by atoms with Gasteiger partial charge in [-0.1, -0.05) is 60.7 Å². The fourth-order valence-electron chi connectivity index (χ4n) is 3.47. The molecule has 1 saturated carbocycles. The third-order valence-electron chi connectivity index (χ3n) is 5.36. The molecule has 3 aromatic rings. The fraction of sp³-hybridized carbons (Fsp3) is 0.185. The van der Waals surface area contributed by atoms with Crippen molar-refractivity contribution in [3.8, 4) is 5.75 Å². The van der Waals surface area contributed by atoms with Crippen molar-refractivity contribution in [1.82, 2.24) is 5.32 Å². The fourth-order valence-corrected chi connectivity index (χ4v) is 3.47. The summed E-state index contributed by atoms with van der Waals surface area (Å²) in [7, 11) is 1.62. The first kappa shape index (κ1) is 21.4. The number of nitrogens with one attached hydrogen (secondary N) is 2. The van der Waals surface area contributed by atoms with Gasteiger partial charge in [-0.2, -0.15) is 0 Å². The van der Waals surface area contributed by atoms with Gasteiger partial charge in [-0.3, -0.25) is 9.59 Å². The molecule has 0 unspecified atom stereocenters. The molecule has 1 aliphatic rings. The van der Waals surface area contributed by atoms with Gasteiger partial charge in [-0.25, -0.2) is 0 Å². The Balaban J connectivity index is 1.52. The summed E-state index contributed by atoms with van der Waals surface area (Å²) < 4.78 is 5.45. The average Bonchev–Trinajstić information content (AvgIpc) is 3.68. The van der Waals surface area contributed by atoms with E-state index in [2.05, 4.69) is 10.6 Å². The van der Waals surface area contributed by atoms with Crippen LogP contribution >= 0.6 is 0 Å². The van der Waals surface area contributed by atoms with Crippen molar-refractivity contribution < 1.29 is 14.3 Å². The second-order valence-electron chi connectivity index (χ2n) is 7.81. The summed E-state index contributed by atoms with van der Waals surface area (Å²) in [6, 6.07) is 24.7. The third kappa shape index (κ3) is 5.43. The van der Waals surface area contributed by atoms with E-state index >= 15 is 0 Å². The van der Waals surface area contributed by atoms with Gasteiger partial charge in [-0.15, -0.1) is 0 Å². The van der Waals surface area contributed by atoms with Gasteiger partial charge in [0.15, 0.2) is 0 Å². The lowest BCUT2D eigenvalue weighted by atomic mass is 10.0. The van der Waals surface area contributed by atoms with Crippen LogP contribution < -0.4 is 15.4 Å². The molecule has 0 bridgehead atoms. The molecule has 0 heterocycles. The Kier molecular flexibility index (Phi) is 6.66. The maximum Gasteiger partial charge on any atom is 0.252 e.